The van der Waals surface area contributed by atoms with Crippen molar-refractivity contribution >= 4 is 0 Å². The molecule has 0 aromatic heterocycles. The van der Waals surface area contributed by atoms with Crippen molar-refractivity contribution in [3.8, 4) is 0 Å². The first-order chi connectivity index (χ1) is 8.64. The topological polar surface area (TPSA) is 35.2 Å². The van der Waals surface area contributed by atoms with E-state index >= 15 is 0 Å². The van der Waals surface area contributed by atoms with Gasteiger partial charge >= 0.3 is 0 Å². The average Bonchev–Trinajstić information content (AvgIpc) is 2.33. The van der Waals surface area contributed by atoms with Crippen LogP contribution in [0.3, 0.4) is 0 Å². The number of ether oxygens (including phenoxy) is 1. The van der Waals surface area contributed by atoms with E-state index in [1.807, 2.05) is 0 Å². The van der Waals surface area contributed by atoms with Gasteiger partial charge in [0.15, 0.2) is 0 Å². The van der Waals surface area contributed by atoms with Crippen LogP contribution >= 0.6 is 0 Å². The highest BCUT2D eigenvalue weighted by Crippen LogP contribution is 2.41. The van der Waals surface area contributed by atoms with Gasteiger partial charge in [0.2, 0.25) is 0 Å². The number of hydrogen-bond acceptors (Lipinski definition) is 2. The summed E-state index contributed by atoms with van der Waals surface area (Å²) in [5, 5.41) is 0. The zero-order valence-electron chi connectivity index (χ0n) is 11.8. The largest absolute Gasteiger partial charge is 0.379 e. The van der Waals surface area contributed by atoms with Gasteiger partial charge in [-0.25, -0.2) is 0 Å². The van der Waals surface area contributed by atoms with Gasteiger partial charge in [-0.05, 0) is 29.5 Å². The molecular weight excluding hydrogens is 222 g/mol. The van der Waals surface area contributed by atoms with Crippen LogP contribution in [0.2, 0.25) is 0 Å². The van der Waals surface area contributed by atoms with Crippen molar-refractivity contribution in [1.82, 2.24) is 0 Å². The molecule has 1 unspecified atom stereocenters. The van der Waals surface area contributed by atoms with Crippen LogP contribution in [-0.2, 0) is 10.2 Å². The molecule has 0 amide bonds. The first-order valence-electron chi connectivity index (χ1n) is 7.02. The van der Waals surface area contributed by atoms with E-state index in [1.54, 1.807) is 0 Å². The van der Waals surface area contributed by atoms with Crippen LogP contribution in [0.25, 0.3) is 0 Å². The van der Waals surface area contributed by atoms with Gasteiger partial charge in [0.05, 0.1) is 13.2 Å². The fourth-order valence-corrected chi connectivity index (χ4v) is 2.94. The van der Waals surface area contributed by atoms with Crippen LogP contribution in [0, 0.1) is 5.92 Å². The summed E-state index contributed by atoms with van der Waals surface area (Å²) in [6, 6.07) is 9.05. The smallest absolute Gasteiger partial charge is 0.0588 e. The molecule has 18 heavy (non-hydrogen) atoms. The molecule has 1 aliphatic rings. The summed E-state index contributed by atoms with van der Waals surface area (Å²) in [7, 11) is 0. The quantitative estimate of drug-likeness (QED) is 0.868. The van der Waals surface area contributed by atoms with Crippen molar-refractivity contribution in [2.45, 2.75) is 38.5 Å². The third-order valence-corrected chi connectivity index (χ3v) is 4.43. The molecule has 0 radical (unpaired) electrons. The first kappa shape index (κ1) is 13.6. The second kappa shape index (κ2) is 5.41. The van der Waals surface area contributed by atoms with Crippen molar-refractivity contribution in [2.75, 3.05) is 19.8 Å². The second-order valence-corrected chi connectivity index (χ2v) is 5.77. The summed E-state index contributed by atoms with van der Waals surface area (Å²) in [6.45, 7) is 9.07. The predicted molar refractivity (Wildman–Crippen MR) is 75.9 cm³/mol. The molecule has 100 valence electrons. The number of hydrogen-bond donors (Lipinski definition) is 1. The second-order valence-electron chi connectivity index (χ2n) is 5.77. The minimum Gasteiger partial charge on any atom is -0.379 e. The Hall–Kier alpha value is -0.860. The Labute approximate surface area is 111 Å². The van der Waals surface area contributed by atoms with E-state index in [2.05, 4.69) is 45.0 Å². The Bertz CT molecular complexity index is 375. The van der Waals surface area contributed by atoms with E-state index in [4.69, 9.17) is 10.5 Å². The van der Waals surface area contributed by atoms with Crippen molar-refractivity contribution < 1.29 is 4.74 Å². The molecule has 1 aliphatic heterocycles. The Morgan fingerprint density at radius 1 is 1.22 bits per heavy atom. The summed E-state index contributed by atoms with van der Waals surface area (Å²) >= 11 is 0. The number of nitrogens with two attached hydrogens (primary N) is 1. The lowest BCUT2D eigenvalue weighted by molar-refractivity contribution is -0.0898. The minimum absolute atomic E-state index is 0.166. The van der Waals surface area contributed by atoms with Gasteiger partial charge in [-0.2, -0.15) is 0 Å². The lowest BCUT2D eigenvalue weighted by Crippen LogP contribution is -2.54. The van der Waals surface area contributed by atoms with Gasteiger partial charge in [-0.15, -0.1) is 0 Å². The van der Waals surface area contributed by atoms with Gasteiger partial charge in [0.25, 0.3) is 0 Å². The molecule has 2 N–H and O–H groups in total. The molecule has 0 aliphatic carbocycles. The molecular formula is C16H25NO. The Morgan fingerprint density at radius 3 is 2.17 bits per heavy atom. The highest BCUT2D eigenvalue weighted by atomic mass is 16.5. The molecule has 1 atom stereocenters. The van der Waals surface area contributed by atoms with E-state index in [9.17, 15) is 0 Å². The number of rotatable bonds is 5. The average molecular weight is 247 g/mol. The maximum absolute atomic E-state index is 5.94. The molecule has 2 nitrogen and oxygen atoms in total. The van der Waals surface area contributed by atoms with Crippen LogP contribution in [0.1, 0.15) is 44.2 Å². The van der Waals surface area contributed by atoms with Gasteiger partial charge in [0, 0.05) is 5.41 Å². The molecule has 1 aromatic rings. The summed E-state index contributed by atoms with van der Waals surface area (Å²) < 4.78 is 5.50. The van der Waals surface area contributed by atoms with Crippen molar-refractivity contribution in [2.24, 2.45) is 11.7 Å². The molecule has 0 saturated carbocycles. The van der Waals surface area contributed by atoms with E-state index in [0.717, 1.165) is 26.2 Å². The predicted octanol–water partition coefficient (Wildman–Crippen LogP) is 3.06. The maximum Gasteiger partial charge on any atom is 0.0588 e. The Kier molecular flexibility index (Phi) is 4.08. The third kappa shape index (κ3) is 2.19. The molecule has 1 heterocycles. The minimum atomic E-state index is 0.166. The summed E-state index contributed by atoms with van der Waals surface area (Å²) in [4.78, 5) is 0. The SMILES string of the molecule is CCC(CN)C1(c2ccc(C(C)C)cc2)COC1. The van der Waals surface area contributed by atoms with Crippen molar-refractivity contribution in [3.05, 3.63) is 35.4 Å². The molecule has 2 heteroatoms. The van der Waals surface area contributed by atoms with E-state index in [1.165, 1.54) is 11.1 Å². The molecule has 2 rings (SSSR count). The van der Waals surface area contributed by atoms with Gasteiger partial charge in [0.1, 0.15) is 0 Å². The van der Waals surface area contributed by atoms with Crippen LogP contribution in [0.15, 0.2) is 24.3 Å². The van der Waals surface area contributed by atoms with Gasteiger partial charge in [-0.3, -0.25) is 0 Å². The zero-order valence-corrected chi connectivity index (χ0v) is 11.8. The van der Waals surface area contributed by atoms with Gasteiger partial charge in [-0.1, -0.05) is 51.5 Å². The molecule has 1 fully saturated rings. The Morgan fingerprint density at radius 2 is 1.83 bits per heavy atom. The van der Waals surface area contributed by atoms with Crippen LogP contribution in [-0.4, -0.2) is 19.8 Å². The highest BCUT2D eigenvalue weighted by Gasteiger charge is 2.45. The normalized spacial score (nSPS) is 19.6. The zero-order chi connectivity index (χ0) is 13.2. The molecule has 1 aromatic carbocycles. The Balaban J connectivity index is 2.27. The van der Waals surface area contributed by atoms with E-state index < -0.39 is 0 Å². The standard InChI is InChI=1S/C16H25NO/c1-4-14(9-17)16(10-18-11-16)15-7-5-13(6-8-15)12(2)3/h5-8,12,14H,4,9-11,17H2,1-3H3. The van der Waals surface area contributed by atoms with Crippen LogP contribution in [0.4, 0.5) is 0 Å². The number of benzene rings is 1. The first-order valence-corrected chi connectivity index (χ1v) is 7.02. The monoisotopic (exact) mass is 247 g/mol. The van der Waals surface area contributed by atoms with E-state index in [-0.39, 0.29) is 5.41 Å². The van der Waals surface area contributed by atoms with Crippen LogP contribution < -0.4 is 5.73 Å². The van der Waals surface area contributed by atoms with Gasteiger partial charge < -0.3 is 10.5 Å². The molecule has 1 saturated heterocycles. The third-order valence-electron chi connectivity index (χ3n) is 4.43. The fraction of sp³-hybridized carbons (Fsp3) is 0.625. The van der Waals surface area contributed by atoms with Crippen molar-refractivity contribution in [3.63, 3.8) is 0 Å². The lowest BCUT2D eigenvalue weighted by Gasteiger charge is -2.47. The lowest BCUT2D eigenvalue weighted by atomic mass is 9.67. The maximum atomic E-state index is 5.94. The van der Waals surface area contributed by atoms with Crippen molar-refractivity contribution in [1.29, 1.82) is 0 Å². The van der Waals surface area contributed by atoms with E-state index in [0.29, 0.717) is 11.8 Å². The highest BCUT2D eigenvalue weighted by molar-refractivity contribution is 5.33. The summed E-state index contributed by atoms with van der Waals surface area (Å²) in [5.41, 5.74) is 8.90. The molecule has 0 spiro atoms. The fourth-order valence-electron chi connectivity index (χ4n) is 2.94. The molecule has 0 bridgehead atoms. The van der Waals surface area contributed by atoms with Crippen LogP contribution in [0.5, 0.6) is 0 Å². The summed E-state index contributed by atoms with van der Waals surface area (Å²) in [5.74, 6) is 1.11. The summed E-state index contributed by atoms with van der Waals surface area (Å²) in [6.07, 6.45) is 1.12.